The molecule has 0 amide bonds. The zero-order valence-corrected chi connectivity index (χ0v) is 15.0. The summed E-state index contributed by atoms with van der Waals surface area (Å²) >= 11 is 0. The number of aliphatic hydroxyl groups is 3. The summed E-state index contributed by atoms with van der Waals surface area (Å²) in [5.74, 6) is -1.93. The van der Waals surface area contributed by atoms with Crippen molar-refractivity contribution in [1.82, 2.24) is 0 Å². The lowest BCUT2D eigenvalue weighted by atomic mass is 9.39. The van der Waals surface area contributed by atoms with E-state index in [2.05, 4.69) is 20.4 Å². The van der Waals surface area contributed by atoms with Crippen LogP contribution in [0.4, 0.5) is 0 Å². The van der Waals surface area contributed by atoms with Crippen LogP contribution in [0.5, 0.6) is 0 Å². The van der Waals surface area contributed by atoms with Crippen molar-refractivity contribution < 1.29 is 24.9 Å². The molecule has 4 fully saturated rings. The van der Waals surface area contributed by atoms with E-state index in [1.54, 1.807) is 0 Å². The molecule has 0 aromatic carbocycles. The SMILES string of the molecule is C=C1C(=O)C23C(O)CC4C(C)(C)CCCC4(CO)C2C(=O)CC1C3O. The highest BCUT2D eigenvalue weighted by Crippen LogP contribution is 2.70. The maximum atomic E-state index is 13.2. The minimum atomic E-state index is -1.51. The average molecular weight is 348 g/mol. The van der Waals surface area contributed by atoms with Crippen molar-refractivity contribution in [3.63, 3.8) is 0 Å². The molecule has 0 saturated heterocycles. The van der Waals surface area contributed by atoms with Gasteiger partial charge in [-0.1, -0.05) is 26.8 Å². The number of rotatable bonds is 1. The molecule has 5 nitrogen and oxygen atoms in total. The summed E-state index contributed by atoms with van der Waals surface area (Å²) in [7, 11) is 0. The Kier molecular flexibility index (Phi) is 3.49. The van der Waals surface area contributed by atoms with Crippen LogP contribution in [0.3, 0.4) is 0 Å². The standard InChI is InChI=1S/C20H28O5/c1-10-11-7-12(22)15-19(9-21)6-4-5-18(2,3)13(19)8-14(23)20(15,16(10)24)17(11)25/h11,13-15,17,21,23,25H,1,4-9H2,2-3H3. The van der Waals surface area contributed by atoms with Crippen LogP contribution in [0.1, 0.15) is 46.0 Å². The van der Waals surface area contributed by atoms with Gasteiger partial charge in [0.2, 0.25) is 0 Å². The molecule has 4 aliphatic carbocycles. The summed E-state index contributed by atoms with van der Waals surface area (Å²) in [6.45, 7) is 7.88. The van der Waals surface area contributed by atoms with Crippen molar-refractivity contribution in [2.75, 3.05) is 6.61 Å². The number of fused-ring (bicyclic) bond motifs is 3. The molecule has 4 aliphatic rings. The molecule has 25 heavy (non-hydrogen) atoms. The minimum absolute atomic E-state index is 0.0567. The topological polar surface area (TPSA) is 94.8 Å². The molecule has 0 heterocycles. The van der Waals surface area contributed by atoms with Crippen LogP contribution < -0.4 is 0 Å². The van der Waals surface area contributed by atoms with Gasteiger partial charge in [0.25, 0.3) is 0 Å². The van der Waals surface area contributed by atoms with E-state index in [0.717, 1.165) is 12.8 Å². The van der Waals surface area contributed by atoms with Crippen LogP contribution >= 0.6 is 0 Å². The van der Waals surface area contributed by atoms with E-state index < -0.39 is 34.9 Å². The lowest BCUT2D eigenvalue weighted by Crippen LogP contribution is -2.70. The lowest BCUT2D eigenvalue weighted by Gasteiger charge is -2.64. The fraction of sp³-hybridized carbons (Fsp3) is 0.800. The largest absolute Gasteiger partial charge is 0.396 e. The quantitative estimate of drug-likeness (QED) is 0.620. The predicted molar refractivity (Wildman–Crippen MR) is 90.5 cm³/mol. The normalized spacial score (nSPS) is 51.2. The van der Waals surface area contributed by atoms with Crippen LogP contribution in [-0.4, -0.2) is 45.7 Å². The Labute approximate surface area is 148 Å². The van der Waals surface area contributed by atoms with Crippen LogP contribution in [-0.2, 0) is 9.59 Å². The first-order chi connectivity index (χ1) is 11.6. The van der Waals surface area contributed by atoms with Crippen molar-refractivity contribution >= 4 is 11.6 Å². The number of hydrogen-bond acceptors (Lipinski definition) is 5. The summed E-state index contributed by atoms with van der Waals surface area (Å²) < 4.78 is 0. The van der Waals surface area contributed by atoms with Crippen molar-refractivity contribution in [2.45, 2.75) is 58.2 Å². The van der Waals surface area contributed by atoms with E-state index in [0.29, 0.717) is 12.8 Å². The third kappa shape index (κ3) is 1.75. The molecule has 138 valence electrons. The molecule has 0 aromatic heterocycles. The van der Waals surface area contributed by atoms with E-state index in [9.17, 15) is 24.9 Å². The fourth-order valence-corrected chi connectivity index (χ4v) is 7.18. The smallest absolute Gasteiger partial charge is 0.170 e. The van der Waals surface area contributed by atoms with Crippen LogP contribution in [0, 0.1) is 34.0 Å². The Balaban J connectivity index is 1.96. The van der Waals surface area contributed by atoms with Gasteiger partial charge >= 0.3 is 0 Å². The zero-order valence-electron chi connectivity index (χ0n) is 15.0. The third-order valence-electron chi connectivity index (χ3n) is 8.20. The van der Waals surface area contributed by atoms with Gasteiger partial charge < -0.3 is 15.3 Å². The molecule has 4 rings (SSSR count). The van der Waals surface area contributed by atoms with Crippen molar-refractivity contribution in [1.29, 1.82) is 0 Å². The highest BCUT2D eigenvalue weighted by atomic mass is 16.3. The number of aliphatic hydroxyl groups excluding tert-OH is 3. The average Bonchev–Trinajstić information content (AvgIpc) is 2.67. The van der Waals surface area contributed by atoms with Gasteiger partial charge in [0.15, 0.2) is 5.78 Å². The number of hydrogen-bond donors (Lipinski definition) is 3. The summed E-state index contributed by atoms with van der Waals surface area (Å²) in [6, 6.07) is 0. The van der Waals surface area contributed by atoms with E-state index >= 15 is 0 Å². The number of ketones is 2. The maximum Gasteiger partial charge on any atom is 0.170 e. The van der Waals surface area contributed by atoms with Gasteiger partial charge in [-0.2, -0.15) is 0 Å². The Morgan fingerprint density at radius 1 is 1.20 bits per heavy atom. The summed E-state index contributed by atoms with van der Waals surface area (Å²) in [4.78, 5) is 26.3. The van der Waals surface area contributed by atoms with E-state index in [1.165, 1.54) is 0 Å². The molecule has 0 aliphatic heterocycles. The molecule has 0 radical (unpaired) electrons. The molecule has 1 spiro atoms. The van der Waals surface area contributed by atoms with Crippen molar-refractivity contribution in [2.24, 2.45) is 34.0 Å². The van der Waals surface area contributed by atoms with Crippen LogP contribution in [0.2, 0.25) is 0 Å². The molecule has 4 saturated carbocycles. The first kappa shape index (κ1) is 17.4. The third-order valence-corrected chi connectivity index (χ3v) is 8.20. The van der Waals surface area contributed by atoms with Gasteiger partial charge in [-0.25, -0.2) is 0 Å². The molecule has 0 aromatic rings. The van der Waals surface area contributed by atoms with E-state index in [4.69, 9.17) is 0 Å². The molecular weight excluding hydrogens is 320 g/mol. The second-order valence-corrected chi connectivity index (χ2v) is 9.48. The van der Waals surface area contributed by atoms with Gasteiger partial charge in [-0.05, 0) is 36.2 Å². The maximum absolute atomic E-state index is 13.2. The second-order valence-electron chi connectivity index (χ2n) is 9.48. The van der Waals surface area contributed by atoms with Crippen LogP contribution in [0.25, 0.3) is 0 Å². The van der Waals surface area contributed by atoms with E-state index in [1.807, 2.05) is 0 Å². The Morgan fingerprint density at radius 3 is 2.52 bits per heavy atom. The zero-order chi connectivity index (χ0) is 18.4. The number of carbonyl (C=O) groups is 2. The monoisotopic (exact) mass is 348 g/mol. The molecule has 3 N–H and O–H groups in total. The first-order valence-corrected chi connectivity index (χ1v) is 9.38. The number of Topliss-reactive ketones (excluding diaryl/α,β-unsaturated/α-hetero) is 2. The lowest BCUT2D eigenvalue weighted by molar-refractivity contribution is -0.232. The molecule has 7 unspecified atom stereocenters. The summed E-state index contributed by atoms with van der Waals surface area (Å²) in [5.41, 5.74) is -2.12. The fourth-order valence-electron chi connectivity index (χ4n) is 7.18. The predicted octanol–water partition coefficient (Wildman–Crippen LogP) is 1.25. The van der Waals surface area contributed by atoms with Crippen molar-refractivity contribution in [3.8, 4) is 0 Å². The van der Waals surface area contributed by atoms with Crippen LogP contribution in [0.15, 0.2) is 12.2 Å². The summed E-state index contributed by atoms with van der Waals surface area (Å²) in [6.07, 6.45) is 0.743. The van der Waals surface area contributed by atoms with E-state index in [-0.39, 0.29) is 41.5 Å². The minimum Gasteiger partial charge on any atom is -0.396 e. The van der Waals surface area contributed by atoms with Gasteiger partial charge in [0.1, 0.15) is 5.78 Å². The van der Waals surface area contributed by atoms with Gasteiger partial charge in [0, 0.05) is 30.3 Å². The van der Waals surface area contributed by atoms with Gasteiger partial charge in [-0.15, -0.1) is 0 Å². The molecule has 7 atom stereocenters. The Bertz CT molecular complexity index is 667. The highest BCUT2D eigenvalue weighted by molar-refractivity contribution is 6.09. The second kappa shape index (κ2) is 5.02. The van der Waals surface area contributed by atoms with Gasteiger partial charge in [-0.3, -0.25) is 9.59 Å². The summed E-state index contributed by atoms with van der Waals surface area (Å²) in [5, 5.41) is 32.5. The van der Waals surface area contributed by atoms with Gasteiger partial charge in [0.05, 0.1) is 17.6 Å². The molecule has 5 heteroatoms. The van der Waals surface area contributed by atoms with Crippen molar-refractivity contribution in [3.05, 3.63) is 12.2 Å². The number of carbonyl (C=O) groups excluding carboxylic acids is 2. The molecular formula is C20H28O5. The highest BCUT2D eigenvalue weighted by Gasteiger charge is 2.76. The Hall–Kier alpha value is -1.04. The molecule has 2 bridgehead atoms. The first-order valence-electron chi connectivity index (χ1n) is 9.38. The Morgan fingerprint density at radius 2 is 1.88 bits per heavy atom.